The lowest BCUT2D eigenvalue weighted by Crippen LogP contribution is -1.98. The maximum absolute atomic E-state index is 9.94. The monoisotopic (exact) mass is 303 g/mol. The lowest BCUT2D eigenvalue weighted by molar-refractivity contribution is 0.453. The van der Waals surface area contributed by atoms with Crippen LogP contribution < -0.4 is 5.32 Å². The zero-order valence-corrected chi connectivity index (χ0v) is 12.1. The van der Waals surface area contributed by atoms with E-state index < -0.39 is 0 Å². The third-order valence-electron chi connectivity index (χ3n) is 3.50. The van der Waals surface area contributed by atoms with Gasteiger partial charge < -0.3 is 15.4 Å². The SMILES string of the molecule is Oc1cc(-c2cccc3[nH]ccc23)nc(Nc2cccnc2)n1. The summed E-state index contributed by atoms with van der Waals surface area (Å²) >= 11 is 0. The second kappa shape index (κ2) is 5.42. The van der Waals surface area contributed by atoms with Gasteiger partial charge >= 0.3 is 0 Å². The number of hydrogen-bond acceptors (Lipinski definition) is 5. The van der Waals surface area contributed by atoms with E-state index in [0.717, 1.165) is 22.2 Å². The van der Waals surface area contributed by atoms with Crippen molar-refractivity contribution in [1.82, 2.24) is 19.9 Å². The van der Waals surface area contributed by atoms with Crippen molar-refractivity contribution in [3.8, 4) is 17.1 Å². The molecule has 0 amide bonds. The Morgan fingerprint density at radius 2 is 2.00 bits per heavy atom. The first kappa shape index (κ1) is 13.3. The quantitative estimate of drug-likeness (QED) is 0.539. The Labute approximate surface area is 131 Å². The van der Waals surface area contributed by atoms with Gasteiger partial charge in [0.1, 0.15) is 0 Å². The number of benzene rings is 1. The van der Waals surface area contributed by atoms with Crippen LogP contribution in [0.2, 0.25) is 0 Å². The number of aromatic amines is 1. The molecule has 0 aliphatic rings. The Hall–Kier alpha value is -3.41. The highest BCUT2D eigenvalue weighted by Gasteiger charge is 2.10. The van der Waals surface area contributed by atoms with Crippen molar-refractivity contribution in [1.29, 1.82) is 0 Å². The molecule has 0 saturated heterocycles. The Morgan fingerprint density at radius 3 is 2.87 bits per heavy atom. The second-order valence-electron chi connectivity index (χ2n) is 5.05. The topological polar surface area (TPSA) is 86.7 Å². The summed E-state index contributed by atoms with van der Waals surface area (Å²) in [6.45, 7) is 0. The van der Waals surface area contributed by atoms with Gasteiger partial charge in [0.2, 0.25) is 11.8 Å². The van der Waals surface area contributed by atoms with Crippen LogP contribution in [0.1, 0.15) is 0 Å². The van der Waals surface area contributed by atoms with Crippen molar-refractivity contribution in [2.75, 3.05) is 5.32 Å². The molecule has 3 aromatic heterocycles. The average Bonchev–Trinajstić information content (AvgIpc) is 3.04. The van der Waals surface area contributed by atoms with Crippen LogP contribution in [-0.2, 0) is 0 Å². The minimum Gasteiger partial charge on any atom is -0.493 e. The number of fused-ring (bicyclic) bond motifs is 1. The van der Waals surface area contributed by atoms with E-state index in [2.05, 4.69) is 25.3 Å². The first-order valence-electron chi connectivity index (χ1n) is 7.11. The number of nitrogens with one attached hydrogen (secondary N) is 2. The number of H-pyrrole nitrogens is 1. The van der Waals surface area contributed by atoms with Gasteiger partial charge in [-0.25, -0.2) is 4.98 Å². The van der Waals surface area contributed by atoms with Crippen molar-refractivity contribution < 1.29 is 5.11 Å². The minimum atomic E-state index is -0.0890. The number of aromatic nitrogens is 4. The Balaban J connectivity index is 1.79. The lowest BCUT2D eigenvalue weighted by atomic mass is 10.1. The molecule has 0 bridgehead atoms. The van der Waals surface area contributed by atoms with E-state index in [-0.39, 0.29) is 5.88 Å². The smallest absolute Gasteiger partial charge is 0.231 e. The maximum Gasteiger partial charge on any atom is 0.231 e. The van der Waals surface area contributed by atoms with Gasteiger partial charge in [0.15, 0.2) is 0 Å². The molecule has 4 aromatic rings. The summed E-state index contributed by atoms with van der Waals surface area (Å²) in [6.07, 6.45) is 5.23. The average molecular weight is 303 g/mol. The summed E-state index contributed by atoms with van der Waals surface area (Å²) in [6, 6.07) is 13.1. The molecular weight excluding hydrogens is 290 g/mol. The zero-order valence-electron chi connectivity index (χ0n) is 12.1. The molecule has 0 unspecified atom stereocenters. The molecule has 0 saturated carbocycles. The number of pyridine rings is 1. The highest BCUT2D eigenvalue weighted by molar-refractivity contribution is 5.94. The van der Waals surface area contributed by atoms with Crippen molar-refractivity contribution >= 4 is 22.5 Å². The summed E-state index contributed by atoms with van der Waals surface area (Å²) in [5.41, 5.74) is 3.34. The van der Waals surface area contributed by atoms with Gasteiger partial charge in [-0.2, -0.15) is 4.98 Å². The predicted octanol–water partition coefficient (Wildman–Crippen LogP) is 3.47. The lowest BCUT2D eigenvalue weighted by Gasteiger charge is -2.08. The number of nitrogens with zero attached hydrogens (tertiary/aromatic N) is 3. The van der Waals surface area contributed by atoms with Crippen molar-refractivity contribution in [2.24, 2.45) is 0 Å². The molecule has 0 aliphatic carbocycles. The summed E-state index contributed by atoms with van der Waals surface area (Å²) in [5.74, 6) is 0.231. The van der Waals surface area contributed by atoms with Gasteiger partial charge in [0, 0.05) is 34.9 Å². The molecule has 23 heavy (non-hydrogen) atoms. The van der Waals surface area contributed by atoms with Crippen LogP contribution in [0.15, 0.2) is 61.1 Å². The molecule has 6 nitrogen and oxygen atoms in total. The normalized spacial score (nSPS) is 10.8. The highest BCUT2D eigenvalue weighted by atomic mass is 16.3. The zero-order chi connectivity index (χ0) is 15.6. The molecule has 4 rings (SSSR count). The predicted molar refractivity (Wildman–Crippen MR) is 88.5 cm³/mol. The molecular formula is C17H13N5O. The van der Waals surface area contributed by atoms with Crippen molar-refractivity contribution in [3.63, 3.8) is 0 Å². The Bertz CT molecular complexity index is 965. The van der Waals surface area contributed by atoms with Gasteiger partial charge in [-0.1, -0.05) is 12.1 Å². The first-order chi connectivity index (χ1) is 11.3. The molecule has 112 valence electrons. The fourth-order valence-electron chi connectivity index (χ4n) is 2.50. The standard InChI is InChI=1S/C17H13N5O/c23-16-9-15(12-4-1-5-14-13(12)6-8-19-14)21-17(22-16)20-11-3-2-7-18-10-11/h1-10,19H,(H2,20,21,22,23). The molecule has 0 radical (unpaired) electrons. The van der Waals surface area contributed by atoms with Crippen LogP contribution in [0.4, 0.5) is 11.6 Å². The summed E-state index contributed by atoms with van der Waals surface area (Å²) in [7, 11) is 0. The van der Waals surface area contributed by atoms with Crippen LogP contribution in [-0.4, -0.2) is 25.0 Å². The van der Waals surface area contributed by atoms with Gasteiger partial charge in [0.05, 0.1) is 17.6 Å². The van der Waals surface area contributed by atoms with E-state index in [9.17, 15) is 5.11 Å². The molecule has 1 aromatic carbocycles. The van der Waals surface area contributed by atoms with Gasteiger partial charge in [-0.05, 0) is 24.3 Å². The fourth-order valence-corrected chi connectivity index (χ4v) is 2.50. The van der Waals surface area contributed by atoms with E-state index >= 15 is 0 Å². The number of aromatic hydroxyl groups is 1. The Kier molecular flexibility index (Phi) is 3.12. The van der Waals surface area contributed by atoms with E-state index in [4.69, 9.17) is 0 Å². The van der Waals surface area contributed by atoms with E-state index in [0.29, 0.717) is 11.6 Å². The molecule has 3 heterocycles. The molecule has 0 aliphatic heterocycles. The van der Waals surface area contributed by atoms with Gasteiger partial charge in [-0.15, -0.1) is 0 Å². The molecule has 0 spiro atoms. The molecule has 0 fully saturated rings. The van der Waals surface area contributed by atoms with Gasteiger partial charge in [-0.3, -0.25) is 4.98 Å². The van der Waals surface area contributed by atoms with E-state index in [1.54, 1.807) is 18.5 Å². The maximum atomic E-state index is 9.94. The van der Waals surface area contributed by atoms with Gasteiger partial charge in [0.25, 0.3) is 0 Å². The number of anilines is 2. The third kappa shape index (κ3) is 2.57. The second-order valence-corrected chi connectivity index (χ2v) is 5.05. The minimum absolute atomic E-state index is 0.0890. The van der Waals surface area contributed by atoms with Crippen LogP contribution in [0.3, 0.4) is 0 Å². The number of rotatable bonds is 3. The summed E-state index contributed by atoms with van der Waals surface area (Å²) in [5, 5.41) is 14.0. The fraction of sp³-hybridized carbons (Fsp3) is 0. The molecule has 6 heteroatoms. The highest BCUT2D eigenvalue weighted by Crippen LogP contribution is 2.29. The first-order valence-corrected chi connectivity index (χ1v) is 7.11. The van der Waals surface area contributed by atoms with Crippen LogP contribution in [0.5, 0.6) is 5.88 Å². The third-order valence-corrected chi connectivity index (χ3v) is 3.50. The molecule has 0 atom stereocenters. The van der Waals surface area contributed by atoms with Crippen molar-refractivity contribution in [2.45, 2.75) is 0 Å². The summed E-state index contributed by atoms with van der Waals surface area (Å²) in [4.78, 5) is 15.7. The largest absolute Gasteiger partial charge is 0.493 e. The summed E-state index contributed by atoms with van der Waals surface area (Å²) < 4.78 is 0. The van der Waals surface area contributed by atoms with Crippen molar-refractivity contribution in [3.05, 3.63) is 61.1 Å². The van der Waals surface area contributed by atoms with Crippen LogP contribution in [0.25, 0.3) is 22.2 Å². The van der Waals surface area contributed by atoms with E-state index in [1.165, 1.54) is 0 Å². The Morgan fingerprint density at radius 1 is 1.04 bits per heavy atom. The van der Waals surface area contributed by atoms with Crippen LogP contribution in [0, 0.1) is 0 Å². The molecule has 3 N–H and O–H groups in total. The van der Waals surface area contributed by atoms with Crippen LogP contribution >= 0.6 is 0 Å². The number of hydrogen-bond donors (Lipinski definition) is 3. The van der Waals surface area contributed by atoms with E-state index in [1.807, 2.05) is 42.6 Å².